The fourth-order valence-electron chi connectivity index (χ4n) is 2.91. The van der Waals surface area contributed by atoms with Gasteiger partial charge in [-0.2, -0.15) is 0 Å². The average Bonchev–Trinajstić information content (AvgIpc) is 2.64. The number of hydrogen-bond donors (Lipinski definition) is 1. The van der Waals surface area contributed by atoms with E-state index in [1.807, 2.05) is 56.3 Å². The molecule has 140 valence electrons. The SMILES string of the molecule is CCc1ccccc1N(CC(=O)N[C@H](CC)c1ccccc1)S(C)(=O)=O. The number of anilines is 1. The van der Waals surface area contributed by atoms with Crippen LogP contribution in [0.4, 0.5) is 5.69 Å². The highest BCUT2D eigenvalue weighted by Gasteiger charge is 2.24. The predicted molar refractivity (Wildman–Crippen MR) is 106 cm³/mol. The highest BCUT2D eigenvalue weighted by atomic mass is 32.2. The number of sulfonamides is 1. The molecule has 0 spiro atoms. The molecular formula is C20H26N2O3S. The third-order valence-electron chi connectivity index (χ3n) is 4.27. The molecule has 5 nitrogen and oxygen atoms in total. The summed E-state index contributed by atoms with van der Waals surface area (Å²) in [5, 5.41) is 2.95. The molecule has 2 aromatic rings. The normalized spacial score (nSPS) is 12.4. The van der Waals surface area contributed by atoms with Gasteiger partial charge in [-0.3, -0.25) is 9.10 Å². The Kier molecular flexibility index (Phi) is 6.80. The summed E-state index contributed by atoms with van der Waals surface area (Å²) in [4.78, 5) is 12.6. The Morgan fingerprint density at radius 3 is 2.23 bits per heavy atom. The van der Waals surface area contributed by atoms with E-state index in [1.54, 1.807) is 12.1 Å². The van der Waals surface area contributed by atoms with Gasteiger partial charge in [0.25, 0.3) is 0 Å². The summed E-state index contributed by atoms with van der Waals surface area (Å²) >= 11 is 0. The molecule has 0 aromatic heterocycles. The highest BCUT2D eigenvalue weighted by molar-refractivity contribution is 7.92. The lowest BCUT2D eigenvalue weighted by Crippen LogP contribution is -2.41. The zero-order valence-corrected chi connectivity index (χ0v) is 16.3. The molecule has 0 unspecified atom stereocenters. The number of amides is 1. The lowest BCUT2D eigenvalue weighted by atomic mass is 10.0. The van der Waals surface area contributed by atoms with Crippen LogP contribution in [-0.2, 0) is 21.2 Å². The van der Waals surface area contributed by atoms with E-state index in [4.69, 9.17) is 0 Å². The molecular weight excluding hydrogens is 348 g/mol. The van der Waals surface area contributed by atoms with Crippen LogP contribution in [0.1, 0.15) is 37.4 Å². The van der Waals surface area contributed by atoms with Crippen molar-refractivity contribution in [2.75, 3.05) is 17.1 Å². The Morgan fingerprint density at radius 2 is 1.65 bits per heavy atom. The molecule has 0 aliphatic heterocycles. The lowest BCUT2D eigenvalue weighted by molar-refractivity contribution is -0.120. The Balaban J connectivity index is 2.22. The van der Waals surface area contributed by atoms with Crippen molar-refractivity contribution in [2.24, 2.45) is 0 Å². The number of carbonyl (C=O) groups excluding carboxylic acids is 1. The number of nitrogens with one attached hydrogen (secondary N) is 1. The van der Waals surface area contributed by atoms with Gasteiger partial charge in [0.05, 0.1) is 18.0 Å². The van der Waals surface area contributed by atoms with Crippen molar-refractivity contribution in [1.29, 1.82) is 0 Å². The number of nitrogens with zero attached hydrogens (tertiary/aromatic N) is 1. The second-order valence-electron chi connectivity index (χ2n) is 6.19. The Morgan fingerprint density at radius 1 is 1.04 bits per heavy atom. The molecule has 0 aliphatic rings. The summed E-state index contributed by atoms with van der Waals surface area (Å²) in [6.07, 6.45) is 2.53. The first-order chi connectivity index (χ1) is 12.4. The summed E-state index contributed by atoms with van der Waals surface area (Å²) in [5.74, 6) is -0.322. The van der Waals surface area contributed by atoms with E-state index in [1.165, 1.54) is 4.31 Å². The monoisotopic (exact) mass is 374 g/mol. The van der Waals surface area contributed by atoms with Gasteiger partial charge in [0.15, 0.2) is 0 Å². The van der Waals surface area contributed by atoms with E-state index >= 15 is 0 Å². The van der Waals surface area contributed by atoms with Crippen molar-refractivity contribution in [1.82, 2.24) is 5.32 Å². The predicted octanol–water partition coefficient (Wildman–Crippen LogP) is 3.28. The topological polar surface area (TPSA) is 66.5 Å². The van der Waals surface area contributed by atoms with Gasteiger partial charge < -0.3 is 5.32 Å². The van der Waals surface area contributed by atoms with E-state index in [0.29, 0.717) is 12.1 Å². The molecule has 1 atom stereocenters. The summed E-state index contributed by atoms with van der Waals surface area (Å²) in [5.41, 5.74) is 2.45. The molecule has 0 saturated carbocycles. The van der Waals surface area contributed by atoms with Gasteiger partial charge >= 0.3 is 0 Å². The largest absolute Gasteiger partial charge is 0.348 e. The van der Waals surface area contributed by atoms with Gasteiger partial charge in [-0.25, -0.2) is 8.42 Å². The van der Waals surface area contributed by atoms with Crippen molar-refractivity contribution in [3.05, 3.63) is 65.7 Å². The summed E-state index contributed by atoms with van der Waals surface area (Å²) in [6, 6.07) is 16.8. The minimum absolute atomic E-state index is 0.147. The molecule has 6 heteroatoms. The molecule has 0 fully saturated rings. The van der Waals surface area contributed by atoms with Gasteiger partial charge in [-0.15, -0.1) is 0 Å². The summed E-state index contributed by atoms with van der Waals surface area (Å²) in [7, 11) is -3.58. The lowest BCUT2D eigenvalue weighted by Gasteiger charge is -2.25. The molecule has 1 N–H and O–H groups in total. The number of carbonyl (C=O) groups is 1. The van der Waals surface area contributed by atoms with Crippen LogP contribution < -0.4 is 9.62 Å². The number of rotatable bonds is 8. The second-order valence-corrected chi connectivity index (χ2v) is 8.10. The van der Waals surface area contributed by atoms with Crippen molar-refractivity contribution in [3.8, 4) is 0 Å². The first-order valence-electron chi connectivity index (χ1n) is 8.76. The van der Waals surface area contributed by atoms with E-state index in [0.717, 1.165) is 23.8 Å². The van der Waals surface area contributed by atoms with Gasteiger partial charge in [0.2, 0.25) is 15.9 Å². The minimum atomic E-state index is -3.58. The van der Waals surface area contributed by atoms with Crippen LogP contribution in [0.15, 0.2) is 54.6 Å². The molecule has 26 heavy (non-hydrogen) atoms. The number of benzene rings is 2. The van der Waals surface area contributed by atoms with Crippen LogP contribution in [-0.4, -0.2) is 27.1 Å². The Labute approximate surface area is 156 Å². The zero-order chi connectivity index (χ0) is 19.2. The zero-order valence-electron chi connectivity index (χ0n) is 15.5. The molecule has 0 saturated heterocycles. The van der Waals surface area contributed by atoms with Crippen LogP contribution in [0, 0.1) is 0 Å². The van der Waals surface area contributed by atoms with Crippen molar-refractivity contribution in [3.63, 3.8) is 0 Å². The van der Waals surface area contributed by atoms with Crippen molar-refractivity contribution >= 4 is 21.6 Å². The maximum atomic E-state index is 12.6. The molecule has 2 rings (SSSR count). The van der Waals surface area contributed by atoms with Gasteiger partial charge in [-0.1, -0.05) is 62.4 Å². The fraction of sp³-hybridized carbons (Fsp3) is 0.350. The summed E-state index contributed by atoms with van der Waals surface area (Å²) in [6.45, 7) is 3.71. The molecule has 1 amide bonds. The second kappa shape index (κ2) is 8.85. The van der Waals surface area contributed by atoms with Crippen LogP contribution in [0.5, 0.6) is 0 Å². The van der Waals surface area contributed by atoms with E-state index in [2.05, 4.69) is 5.32 Å². The third-order valence-corrected chi connectivity index (χ3v) is 5.40. The van der Waals surface area contributed by atoms with E-state index < -0.39 is 10.0 Å². The molecule has 2 aromatic carbocycles. The maximum absolute atomic E-state index is 12.6. The quantitative estimate of drug-likeness (QED) is 0.771. The van der Waals surface area contributed by atoms with E-state index in [9.17, 15) is 13.2 Å². The molecule has 0 bridgehead atoms. The van der Waals surface area contributed by atoms with E-state index in [-0.39, 0.29) is 18.5 Å². The summed E-state index contributed by atoms with van der Waals surface area (Å²) < 4.78 is 25.8. The standard InChI is InChI=1S/C20H26N2O3S/c1-4-16-11-9-10-14-19(16)22(26(3,24)25)15-20(23)21-18(5-2)17-12-7-6-8-13-17/h6-14,18H,4-5,15H2,1-3H3,(H,21,23)/t18-/m1/s1. The maximum Gasteiger partial charge on any atom is 0.241 e. The first kappa shape index (κ1) is 20.0. The van der Waals surface area contributed by atoms with Gasteiger partial charge in [0.1, 0.15) is 6.54 Å². The van der Waals surface area contributed by atoms with Crippen LogP contribution in [0.25, 0.3) is 0 Å². The smallest absolute Gasteiger partial charge is 0.241 e. The Bertz CT molecular complexity index is 835. The Hall–Kier alpha value is -2.34. The van der Waals surface area contributed by atoms with Gasteiger partial charge in [-0.05, 0) is 30.0 Å². The minimum Gasteiger partial charge on any atom is -0.348 e. The first-order valence-corrected chi connectivity index (χ1v) is 10.6. The average molecular weight is 375 g/mol. The molecule has 0 aliphatic carbocycles. The number of aryl methyl sites for hydroxylation is 1. The van der Waals surface area contributed by atoms with Gasteiger partial charge in [0, 0.05) is 0 Å². The fourth-order valence-corrected chi connectivity index (χ4v) is 3.80. The van der Waals surface area contributed by atoms with Crippen LogP contribution in [0.3, 0.4) is 0 Å². The molecule has 0 radical (unpaired) electrons. The van der Waals surface area contributed by atoms with Crippen LogP contribution in [0.2, 0.25) is 0 Å². The number of para-hydroxylation sites is 1. The van der Waals surface area contributed by atoms with Crippen molar-refractivity contribution in [2.45, 2.75) is 32.7 Å². The molecule has 0 heterocycles. The number of hydrogen-bond acceptors (Lipinski definition) is 3. The third kappa shape index (κ3) is 5.08. The van der Waals surface area contributed by atoms with Crippen molar-refractivity contribution < 1.29 is 13.2 Å². The van der Waals surface area contributed by atoms with Crippen LogP contribution >= 0.6 is 0 Å². The highest BCUT2D eigenvalue weighted by Crippen LogP contribution is 2.23.